The van der Waals surface area contributed by atoms with E-state index in [9.17, 15) is 13.2 Å². The van der Waals surface area contributed by atoms with E-state index in [0.717, 1.165) is 0 Å². The molecule has 1 unspecified atom stereocenters. The average Bonchev–Trinajstić information content (AvgIpc) is 3.33. The third-order valence-electron chi connectivity index (χ3n) is 4.60. The summed E-state index contributed by atoms with van der Waals surface area (Å²) >= 11 is 19.4. The predicted octanol–water partition coefficient (Wildman–Crippen LogP) is 5.05. The molecule has 0 spiro atoms. The molecule has 1 aromatic heterocycles. The van der Waals surface area contributed by atoms with Crippen molar-refractivity contribution in [1.82, 2.24) is 9.29 Å². The molecule has 152 valence electrons. The van der Waals surface area contributed by atoms with Gasteiger partial charge in [0.15, 0.2) is 5.13 Å². The second-order valence-corrected chi connectivity index (χ2v) is 10.6. The molecule has 1 N–H and O–H groups in total. The van der Waals surface area contributed by atoms with Gasteiger partial charge in [0.05, 0.1) is 19.6 Å². The molecule has 6 nitrogen and oxygen atoms in total. The number of carbonyl (C=O) groups is 1. The number of hydrogen-bond donors (Lipinski definition) is 1. The number of anilines is 1. The van der Waals surface area contributed by atoms with Crippen LogP contribution in [0.1, 0.15) is 12.8 Å². The minimum atomic E-state index is -3.83. The molecule has 2 aromatic carbocycles. The molecule has 1 aliphatic rings. The highest BCUT2D eigenvalue weighted by Crippen LogP contribution is 2.36. The van der Waals surface area contributed by atoms with E-state index in [1.807, 2.05) is 0 Å². The minimum Gasteiger partial charge on any atom is -0.301 e. The lowest BCUT2D eigenvalue weighted by Gasteiger charge is -2.23. The Morgan fingerprint density at radius 1 is 1.10 bits per heavy atom. The molecule has 29 heavy (non-hydrogen) atoms. The first-order chi connectivity index (χ1) is 13.8. The molecule has 1 atom stereocenters. The Hall–Kier alpha value is -1.42. The zero-order valence-electron chi connectivity index (χ0n) is 14.7. The van der Waals surface area contributed by atoms with Gasteiger partial charge in [-0.25, -0.2) is 13.4 Å². The maximum absolute atomic E-state index is 13.0. The lowest BCUT2D eigenvalue weighted by molar-refractivity contribution is -0.119. The molecule has 0 bridgehead atoms. The van der Waals surface area contributed by atoms with Gasteiger partial charge in [-0.2, -0.15) is 4.31 Å². The predicted molar refractivity (Wildman–Crippen MR) is 117 cm³/mol. The summed E-state index contributed by atoms with van der Waals surface area (Å²) in [7, 11) is -3.83. The Morgan fingerprint density at radius 3 is 2.48 bits per heavy atom. The first kappa shape index (κ1) is 20.8. The van der Waals surface area contributed by atoms with Crippen LogP contribution < -0.4 is 5.32 Å². The Labute approximate surface area is 186 Å². The van der Waals surface area contributed by atoms with Crippen LogP contribution in [-0.2, 0) is 14.8 Å². The van der Waals surface area contributed by atoms with Gasteiger partial charge >= 0.3 is 0 Å². The number of amides is 1. The number of fused-ring (bicyclic) bond motifs is 1. The second-order valence-electron chi connectivity index (χ2n) is 6.44. The summed E-state index contributed by atoms with van der Waals surface area (Å²) in [5, 5.41) is 4.37. The SMILES string of the molecule is O=C(Nc1nc2c(Cl)ccc(Cl)c2s1)C1CCCN1S(=O)(=O)c1ccc(Cl)cc1. The number of sulfonamides is 1. The molecule has 0 saturated carbocycles. The smallest absolute Gasteiger partial charge is 0.244 e. The minimum absolute atomic E-state index is 0.0974. The summed E-state index contributed by atoms with van der Waals surface area (Å²) in [4.78, 5) is 17.3. The van der Waals surface area contributed by atoms with Gasteiger partial charge in [0.25, 0.3) is 0 Å². The van der Waals surface area contributed by atoms with Crippen molar-refractivity contribution < 1.29 is 13.2 Å². The molecule has 11 heteroatoms. The molecule has 1 aliphatic heterocycles. The third kappa shape index (κ3) is 3.97. The highest BCUT2D eigenvalue weighted by Gasteiger charge is 2.39. The van der Waals surface area contributed by atoms with Crippen LogP contribution in [0.3, 0.4) is 0 Å². The van der Waals surface area contributed by atoms with E-state index in [4.69, 9.17) is 34.8 Å². The number of aromatic nitrogens is 1. The first-order valence-corrected chi connectivity index (χ1v) is 12.0. The number of benzene rings is 2. The van der Waals surface area contributed by atoms with Crippen molar-refractivity contribution >= 4 is 77.4 Å². The van der Waals surface area contributed by atoms with Crippen LogP contribution in [-0.4, -0.2) is 36.2 Å². The number of nitrogens with zero attached hydrogens (tertiary/aromatic N) is 2. The standard InChI is InChI=1S/C18H14Cl3N3O3S2/c19-10-3-5-11(6-4-10)29(26,27)24-9-1-2-14(24)17(25)23-18-22-15-12(20)7-8-13(21)16(15)28-18/h3-8,14H,1-2,9H2,(H,22,23,25). The number of thiazole rings is 1. The first-order valence-electron chi connectivity index (χ1n) is 8.60. The van der Waals surface area contributed by atoms with E-state index in [1.54, 1.807) is 12.1 Å². The summed E-state index contributed by atoms with van der Waals surface area (Å²) in [5.41, 5.74) is 0.497. The summed E-state index contributed by atoms with van der Waals surface area (Å²) in [6, 6.07) is 8.35. The third-order valence-corrected chi connectivity index (χ3v) is 8.51. The van der Waals surface area contributed by atoms with Crippen molar-refractivity contribution in [3.8, 4) is 0 Å². The normalized spacial score (nSPS) is 17.7. The number of rotatable bonds is 4. The second kappa shape index (κ2) is 8.02. The summed E-state index contributed by atoms with van der Waals surface area (Å²) in [6.07, 6.45) is 1.01. The van der Waals surface area contributed by atoms with E-state index >= 15 is 0 Å². The highest BCUT2D eigenvalue weighted by atomic mass is 35.5. The van der Waals surface area contributed by atoms with Gasteiger partial charge in [0, 0.05) is 11.6 Å². The van der Waals surface area contributed by atoms with Gasteiger partial charge in [-0.3, -0.25) is 4.79 Å². The van der Waals surface area contributed by atoms with E-state index in [1.165, 1.54) is 39.9 Å². The summed E-state index contributed by atoms with van der Waals surface area (Å²) < 4.78 is 27.9. The fourth-order valence-corrected chi connectivity index (χ4v) is 6.42. The monoisotopic (exact) mass is 489 g/mol. The van der Waals surface area contributed by atoms with Crippen LogP contribution in [0.2, 0.25) is 15.1 Å². The molecule has 0 radical (unpaired) electrons. The van der Waals surface area contributed by atoms with Crippen molar-refractivity contribution in [2.45, 2.75) is 23.8 Å². The Bertz CT molecular complexity index is 1160. The van der Waals surface area contributed by atoms with Gasteiger partial charge in [-0.05, 0) is 49.2 Å². The van der Waals surface area contributed by atoms with E-state index in [2.05, 4.69) is 10.3 Å². The highest BCUT2D eigenvalue weighted by molar-refractivity contribution is 7.89. The number of nitrogens with one attached hydrogen (secondary N) is 1. The largest absolute Gasteiger partial charge is 0.301 e. The number of carbonyl (C=O) groups excluding carboxylic acids is 1. The molecule has 1 saturated heterocycles. The Morgan fingerprint density at radius 2 is 1.79 bits per heavy atom. The van der Waals surface area contributed by atoms with E-state index in [-0.39, 0.29) is 11.4 Å². The maximum atomic E-state index is 13.0. The molecule has 4 rings (SSSR count). The van der Waals surface area contributed by atoms with Crippen LogP contribution in [0, 0.1) is 0 Å². The number of halogens is 3. The zero-order chi connectivity index (χ0) is 20.8. The zero-order valence-corrected chi connectivity index (χ0v) is 18.6. The summed E-state index contributed by atoms with van der Waals surface area (Å²) in [5.74, 6) is -0.439. The van der Waals surface area contributed by atoms with Crippen LogP contribution in [0.4, 0.5) is 5.13 Å². The van der Waals surface area contributed by atoms with Gasteiger partial charge in [0.2, 0.25) is 15.9 Å². The fourth-order valence-electron chi connectivity index (χ4n) is 3.22. The van der Waals surface area contributed by atoms with Crippen molar-refractivity contribution in [3.63, 3.8) is 0 Å². The van der Waals surface area contributed by atoms with Crippen molar-refractivity contribution in [3.05, 3.63) is 51.5 Å². The lowest BCUT2D eigenvalue weighted by Crippen LogP contribution is -2.43. The average molecular weight is 491 g/mol. The van der Waals surface area contributed by atoms with Crippen molar-refractivity contribution in [1.29, 1.82) is 0 Å². The van der Waals surface area contributed by atoms with Gasteiger partial charge in [0.1, 0.15) is 11.6 Å². The molecule has 0 aliphatic carbocycles. The van der Waals surface area contributed by atoms with Crippen LogP contribution in [0.5, 0.6) is 0 Å². The van der Waals surface area contributed by atoms with Gasteiger partial charge < -0.3 is 5.32 Å². The maximum Gasteiger partial charge on any atom is 0.244 e. The van der Waals surface area contributed by atoms with Gasteiger partial charge in [-0.15, -0.1) is 0 Å². The van der Waals surface area contributed by atoms with Crippen molar-refractivity contribution in [2.24, 2.45) is 0 Å². The Balaban J connectivity index is 1.59. The topological polar surface area (TPSA) is 79.4 Å². The number of hydrogen-bond acceptors (Lipinski definition) is 5. The Kier molecular flexibility index (Phi) is 5.76. The summed E-state index contributed by atoms with van der Waals surface area (Å²) in [6.45, 7) is 0.264. The van der Waals surface area contributed by atoms with Crippen LogP contribution in [0.15, 0.2) is 41.3 Å². The lowest BCUT2D eigenvalue weighted by atomic mass is 10.2. The van der Waals surface area contributed by atoms with Gasteiger partial charge in [-0.1, -0.05) is 46.1 Å². The molecular weight excluding hydrogens is 477 g/mol. The molecule has 3 aromatic rings. The van der Waals surface area contributed by atoms with E-state index < -0.39 is 22.0 Å². The van der Waals surface area contributed by atoms with Crippen LogP contribution in [0.25, 0.3) is 10.2 Å². The van der Waals surface area contributed by atoms with Crippen molar-refractivity contribution in [2.75, 3.05) is 11.9 Å². The van der Waals surface area contributed by atoms with Crippen LogP contribution >= 0.6 is 46.1 Å². The molecule has 2 heterocycles. The van der Waals surface area contributed by atoms with E-state index in [0.29, 0.717) is 43.3 Å². The molecule has 1 amide bonds. The fraction of sp³-hybridized carbons (Fsp3) is 0.222. The molecule has 1 fully saturated rings. The quantitative estimate of drug-likeness (QED) is 0.555. The molecular formula is C18H14Cl3N3O3S2.